The minimum atomic E-state index is -2.79. The van der Waals surface area contributed by atoms with Crippen molar-refractivity contribution in [1.82, 2.24) is 9.78 Å². The first kappa shape index (κ1) is 22.8. The van der Waals surface area contributed by atoms with E-state index < -0.39 is 34.5 Å². The number of carbonyl (C=O) groups is 1. The number of non-ortho nitro benzene ring substituents is 1. The quantitative estimate of drug-likeness (QED) is 0.331. The van der Waals surface area contributed by atoms with Gasteiger partial charge < -0.3 is 24.6 Å². The van der Waals surface area contributed by atoms with Crippen molar-refractivity contribution >= 4 is 39.0 Å². The number of nitrogens with zero attached hydrogens (tertiary/aromatic N) is 4. The molecule has 0 unspecified atom stereocenters. The molecule has 0 radical (unpaired) electrons. The van der Waals surface area contributed by atoms with Crippen molar-refractivity contribution in [3.05, 3.63) is 72.8 Å². The highest BCUT2D eigenvalue weighted by molar-refractivity contribution is 9.10. The second kappa shape index (κ2) is 9.51. The van der Waals surface area contributed by atoms with Gasteiger partial charge in [0.15, 0.2) is 5.76 Å². The summed E-state index contributed by atoms with van der Waals surface area (Å²) < 4.78 is 36.3. The normalized spacial score (nSPS) is 10.9. The smallest absolute Gasteiger partial charge is 0.404 e. The number of furan rings is 1. The van der Waals surface area contributed by atoms with E-state index >= 15 is 0 Å². The maximum Gasteiger partial charge on any atom is 0.404 e. The third-order valence-electron chi connectivity index (χ3n) is 3.81. The van der Waals surface area contributed by atoms with Crippen LogP contribution in [0.3, 0.4) is 0 Å². The van der Waals surface area contributed by atoms with Crippen molar-refractivity contribution in [2.75, 3.05) is 11.9 Å². The highest BCUT2D eigenvalue weighted by Crippen LogP contribution is 2.27. The minimum absolute atomic E-state index is 0.0118. The Labute approximate surface area is 185 Å². The Kier molecular flexibility index (Phi) is 6.77. The number of carbonyl (C=O) groups excluding carboxylic acids is 1. The predicted molar refractivity (Wildman–Crippen MR) is 107 cm³/mol. The molecule has 1 amide bonds. The molecule has 0 aliphatic rings. The van der Waals surface area contributed by atoms with Crippen LogP contribution in [-0.4, -0.2) is 38.6 Å². The van der Waals surface area contributed by atoms with Crippen LogP contribution in [0.1, 0.15) is 16.3 Å². The van der Waals surface area contributed by atoms with Crippen LogP contribution in [0.4, 0.5) is 26.0 Å². The lowest BCUT2D eigenvalue weighted by Gasteiger charge is -2.08. The maximum absolute atomic E-state index is 12.4. The molecular formula is C17H12BrF2N5O7. The van der Waals surface area contributed by atoms with Gasteiger partial charge in [0.05, 0.1) is 28.0 Å². The van der Waals surface area contributed by atoms with Gasteiger partial charge in [-0.15, -0.1) is 0 Å². The topological polar surface area (TPSA) is 156 Å². The number of hydrogen-bond donors (Lipinski definition) is 1. The lowest BCUT2D eigenvalue weighted by Crippen LogP contribution is -2.12. The van der Waals surface area contributed by atoms with Crippen LogP contribution >= 0.6 is 15.9 Å². The Balaban J connectivity index is 1.73. The van der Waals surface area contributed by atoms with Crippen molar-refractivity contribution in [3.63, 3.8) is 0 Å². The number of nitro benzene ring substituents is 1. The van der Waals surface area contributed by atoms with E-state index in [1.165, 1.54) is 23.0 Å². The molecule has 12 nitrogen and oxygen atoms in total. The minimum Gasteiger partial charge on any atom is -0.487 e. The van der Waals surface area contributed by atoms with Gasteiger partial charge in [0.25, 0.3) is 18.0 Å². The Morgan fingerprint density at radius 1 is 1.25 bits per heavy atom. The molecule has 0 bridgehead atoms. The number of hydrogen-bond acceptors (Lipinski definition) is 8. The van der Waals surface area contributed by atoms with E-state index in [2.05, 4.69) is 26.3 Å². The zero-order chi connectivity index (χ0) is 23.4. The summed E-state index contributed by atoms with van der Waals surface area (Å²) in [5.41, 5.74) is -0.545. The molecule has 3 rings (SSSR count). The number of amides is 1. The van der Waals surface area contributed by atoms with Crippen LogP contribution in [0, 0.1) is 20.2 Å². The zero-order valence-electron chi connectivity index (χ0n) is 15.7. The summed E-state index contributed by atoms with van der Waals surface area (Å²) in [6.07, 6.45) is -1.42. The summed E-state index contributed by atoms with van der Waals surface area (Å²) in [5, 5.41) is 28.0. The molecule has 2 aromatic heterocycles. The Morgan fingerprint density at radius 3 is 2.62 bits per heavy atom. The Bertz CT molecular complexity index is 1180. The van der Waals surface area contributed by atoms with Gasteiger partial charge in [-0.3, -0.25) is 14.9 Å². The maximum atomic E-state index is 12.4. The highest BCUT2D eigenvalue weighted by atomic mass is 79.9. The zero-order valence-corrected chi connectivity index (χ0v) is 17.3. The Hall–Kier alpha value is -3.88. The van der Waals surface area contributed by atoms with E-state index in [1.807, 2.05) is 0 Å². The molecule has 15 heteroatoms. The average molecular weight is 516 g/mol. The summed E-state index contributed by atoms with van der Waals surface area (Å²) in [5.74, 6) is -1.29. The molecule has 3 aromatic rings. The van der Waals surface area contributed by atoms with Crippen molar-refractivity contribution < 1.29 is 32.6 Å². The van der Waals surface area contributed by atoms with Gasteiger partial charge in [0.2, 0.25) is 0 Å². The molecule has 0 saturated carbocycles. The summed E-state index contributed by atoms with van der Waals surface area (Å²) in [6.45, 7) is -0.986. The van der Waals surface area contributed by atoms with E-state index in [9.17, 15) is 33.8 Å². The van der Waals surface area contributed by atoms with E-state index in [0.29, 0.717) is 0 Å². The number of anilines is 1. The highest BCUT2D eigenvalue weighted by Gasteiger charge is 2.20. The number of halogens is 3. The number of ether oxygens (including phenoxy) is 1. The van der Waals surface area contributed by atoms with Crippen molar-refractivity contribution in [2.24, 2.45) is 0 Å². The SMILES string of the molecule is O=C(Nc1cc(OCC(F)F)cc([N+](=O)[O-])c1)c1ccc(Cn2cc(Br)c([N+](=O)[O-])n2)o1. The van der Waals surface area contributed by atoms with Crippen molar-refractivity contribution in [1.29, 1.82) is 0 Å². The van der Waals surface area contributed by atoms with E-state index in [1.54, 1.807) is 0 Å². The standard InChI is InChI=1S/C17H12BrF2N5O7/c18-13-7-23(22-16(13)25(29)30)6-11-1-2-14(32-11)17(26)21-9-3-10(24(27)28)5-12(4-9)31-8-15(19)20/h1-5,7,15H,6,8H2,(H,21,26). The first-order chi connectivity index (χ1) is 15.1. The molecular weight excluding hydrogens is 504 g/mol. The van der Waals surface area contributed by atoms with Gasteiger partial charge in [0, 0.05) is 12.1 Å². The van der Waals surface area contributed by atoms with Gasteiger partial charge in [-0.2, -0.15) is 4.68 Å². The van der Waals surface area contributed by atoms with Gasteiger partial charge in [-0.05, 0) is 33.0 Å². The van der Waals surface area contributed by atoms with E-state index in [4.69, 9.17) is 9.15 Å². The lowest BCUT2D eigenvalue weighted by molar-refractivity contribution is -0.390. The number of alkyl halides is 2. The van der Waals surface area contributed by atoms with Crippen LogP contribution in [0.25, 0.3) is 0 Å². The molecule has 0 fully saturated rings. The van der Waals surface area contributed by atoms with Crippen LogP contribution in [0.5, 0.6) is 5.75 Å². The van der Waals surface area contributed by atoms with Crippen molar-refractivity contribution in [3.8, 4) is 5.75 Å². The molecule has 0 atom stereocenters. The van der Waals surface area contributed by atoms with Crippen molar-refractivity contribution in [2.45, 2.75) is 13.0 Å². The number of rotatable bonds is 9. The summed E-state index contributed by atoms with van der Waals surface area (Å²) in [6, 6.07) is 5.89. The molecule has 1 aromatic carbocycles. The Morgan fingerprint density at radius 2 is 2.00 bits per heavy atom. The first-order valence-corrected chi connectivity index (χ1v) is 9.39. The number of benzene rings is 1. The summed E-state index contributed by atoms with van der Waals surface area (Å²) in [4.78, 5) is 32.9. The number of aromatic nitrogens is 2. The van der Waals surface area contributed by atoms with Gasteiger partial charge >= 0.3 is 5.82 Å². The molecule has 0 aliphatic heterocycles. The predicted octanol–water partition coefficient (Wildman–Crippen LogP) is 4.00. The lowest BCUT2D eigenvalue weighted by atomic mass is 10.2. The molecule has 0 spiro atoms. The number of nitro groups is 2. The molecule has 1 N–H and O–H groups in total. The average Bonchev–Trinajstić information content (AvgIpc) is 3.33. The molecule has 32 heavy (non-hydrogen) atoms. The molecule has 168 valence electrons. The fourth-order valence-corrected chi connectivity index (χ4v) is 2.99. The van der Waals surface area contributed by atoms with E-state index in [0.717, 1.165) is 18.2 Å². The van der Waals surface area contributed by atoms with Crippen LogP contribution in [0.15, 0.2) is 45.4 Å². The largest absolute Gasteiger partial charge is 0.487 e. The summed E-state index contributed by atoms with van der Waals surface area (Å²) in [7, 11) is 0. The second-order valence-corrected chi connectivity index (χ2v) is 7.00. The van der Waals surface area contributed by atoms with E-state index in [-0.39, 0.29) is 39.8 Å². The fraction of sp³-hybridized carbons (Fsp3) is 0.176. The van der Waals surface area contributed by atoms with Crippen LogP contribution in [-0.2, 0) is 6.54 Å². The van der Waals surface area contributed by atoms with Gasteiger partial charge in [-0.25, -0.2) is 8.78 Å². The third kappa shape index (κ3) is 5.63. The van der Waals surface area contributed by atoms with Gasteiger partial charge in [-0.1, -0.05) is 0 Å². The number of nitrogens with one attached hydrogen (secondary N) is 1. The van der Waals surface area contributed by atoms with Gasteiger partial charge in [0.1, 0.15) is 29.1 Å². The fourth-order valence-electron chi connectivity index (χ4n) is 2.53. The monoisotopic (exact) mass is 515 g/mol. The first-order valence-electron chi connectivity index (χ1n) is 8.60. The molecule has 2 heterocycles. The second-order valence-electron chi connectivity index (χ2n) is 6.15. The summed E-state index contributed by atoms with van der Waals surface area (Å²) >= 11 is 3.02. The van der Waals surface area contributed by atoms with Crippen LogP contribution in [0.2, 0.25) is 0 Å². The molecule has 0 aliphatic carbocycles. The molecule has 0 saturated heterocycles. The third-order valence-corrected chi connectivity index (χ3v) is 4.37. The van der Waals surface area contributed by atoms with Crippen LogP contribution < -0.4 is 10.1 Å².